The van der Waals surface area contributed by atoms with Crippen molar-refractivity contribution in [3.05, 3.63) is 48.5 Å². The van der Waals surface area contributed by atoms with Crippen LogP contribution in [0.4, 0.5) is 11.5 Å². The van der Waals surface area contributed by atoms with E-state index >= 15 is 0 Å². The van der Waals surface area contributed by atoms with E-state index in [0.717, 1.165) is 56.4 Å². The summed E-state index contributed by atoms with van der Waals surface area (Å²) in [6, 6.07) is 12.3. The standard InChI is InChI=1S/C24H30N6O2/c1-2-31-21-8-4-3-7-20(21)29-15-13-28(14-16-29)18-23-26-24(27-32-23)19-9-10-22(25-17-19)30-11-5-6-12-30/h3-4,7-10,17H,2,5-6,11-16,18H2,1H3. The van der Waals surface area contributed by atoms with E-state index in [4.69, 9.17) is 9.26 Å². The van der Waals surface area contributed by atoms with Gasteiger partial charge in [-0.2, -0.15) is 4.98 Å². The van der Waals surface area contributed by atoms with Crippen LogP contribution >= 0.6 is 0 Å². The second-order valence-electron chi connectivity index (χ2n) is 8.27. The molecule has 5 rings (SSSR count). The zero-order valence-corrected chi connectivity index (χ0v) is 18.6. The number of aromatic nitrogens is 3. The van der Waals surface area contributed by atoms with E-state index in [1.807, 2.05) is 31.3 Å². The SMILES string of the molecule is CCOc1ccccc1N1CCN(Cc2nc(-c3ccc(N4CCCC4)nc3)no2)CC1. The van der Waals surface area contributed by atoms with Crippen molar-refractivity contribution in [2.75, 3.05) is 55.7 Å². The number of benzene rings is 1. The first-order valence-corrected chi connectivity index (χ1v) is 11.5. The van der Waals surface area contributed by atoms with Gasteiger partial charge in [-0.1, -0.05) is 17.3 Å². The molecule has 0 spiro atoms. The molecule has 32 heavy (non-hydrogen) atoms. The maximum atomic E-state index is 5.80. The van der Waals surface area contributed by atoms with E-state index in [2.05, 4.69) is 48.0 Å². The molecule has 168 valence electrons. The number of hydrogen-bond donors (Lipinski definition) is 0. The van der Waals surface area contributed by atoms with Crippen LogP contribution in [-0.4, -0.2) is 65.9 Å². The van der Waals surface area contributed by atoms with E-state index in [1.165, 1.54) is 18.5 Å². The summed E-state index contributed by atoms with van der Waals surface area (Å²) < 4.78 is 11.3. The highest BCUT2D eigenvalue weighted by atomic mass is 16.5. The van der Waals surface area contributed by atoms with Crippen molar-refractivity contribution >= 4 is 11.5 Å². The number of piperazine rings is 1. The van der Waals surface area contributed by atoms with Gasteiger partial charge in [-0.05, 0) is 44.0 Å². The monoisotopic (exact) mass is 434 g/mol. The molecule has 2 aliphatic heterocycles. The summed E-state index contributed by atoms with van der Waals surface area (Å²) in [5.41, 5.74) is 2.05. The Labute approximate surface area is 188 Å². The zero-order chi connectivity index (χ0) is 21.8. The Morgan fingerprint density at radius 2 is 1.75 bits per heavy atom. The molecule has 0 saturated carbocycles. The highest BCUT2D eigenvalue weighted by molar-refractivity contribution is 5.59. The number of hydrogen-bond acceptors (Lipinski definition) is 8. The molecule has 0 amide bonds. The molecule has 0 aliphatic carbocycles. The van der Waals surface area contributed by atoms with E-state index in [0.29, 0.717) is 24.9 Å². The lowest BCUT2D eigenvalue weighted by Crippen LogP contribution is -2.46. The Morgan fingerprint density at radius 3 is 2.50 bits per heavy atom. The first kappa shape index (κ1) is 20.8. The highest BCUT2D eigenvalue weighted by Gasteiger charge is 2.22. The van der Waals surface area contributed by atoms with Crippen LogP contribution in [0.1, 0.15) is 25.7 Å². The molecule has 0 N–H and O–H groups in total. The fourth-order valence-corrected chi connectivity index (χ4v) is 4.42. The van der Waals surface area contributed by atoms with Crippen molar-refractivity contribution < 1.29 is 9.26 Å². The Kier molecular flexibility index (Phi) is 6.20. The summed E-state index contributed by atoms with van der Waals surface area (Å²) in [7, 11) is 0. The van der Waals surface area contributed by atoms with Gasteiger partial charge in [-0.25, -0.2) is 4.98 Å². The molecule has 2 fully saturated rings. The normalized spacial score (nSPS) is 17.2. The Morgan fingerprint density at radius 1 is 0.938 bits per heavy atom. The van der Waals surface area contributed by atoms with Crippen molar-refractivity contribution in [1.82, 2.24) is 20.0 Å². The van der Waals surface area contributed by atoms with E-state index in [-0.39, 0.29) is 0 Å². The summed E-state index contributed by atoms with van der Waals surface area (Å²) in [6.07, 6.45) is 4.33. The van der Waals surface area contributed by atoms with Gasteiger partial charge >= 0.3 is 0 Å². The average Bonchev–Trinajstić information content (AvgIpc) is 3.53. The number of rotatable bonds is 7. The lowest BCUT2D eigenvalue weighted by molar-refractivity contribution is 0.215. The van der Waals surface area contributed by atoms with Crippen LogP contribution in [0.15, 0.2) is 47.1 Å². The first-order chi connectivity index (χ1) is 15.8. The average molecular weight is 435 g/mol. The van der Waals surface area contributed by atoms with Gasteiger partial charge in [0.15, 0.2) is 0 Å². The number of para-hydroxylation sites is 2. The quantitative estimate of drug-likeness (QED) is 0.560. The smallest absolute Gasteiger partial charge is 0.241 e. The van der Waals surface area contributed by atoms with Gasteiger partial charge in [0.2, 0.25) is 11.7 Å². The van der Waals surface area contributed by atoms with Crippen molar-refractivity contribution in [2.24, 2.45) is 0 Å². The number of pyridine rings is 1. The molecule has 2 saturated heterocycles. The Balaban J connectivity index is 1.17. The lowest BCUT2D eigenvalue weighted by atomic mass is 10.2. The van der Waals surface area contributed by atoms with Crippen LogP contribution in [0.5, 0.6) is 5.75 Å². The molecule has 2 aromatic heterocycles. The summed E-state index contributed by atoms with van der Waals surface area (Å²) in [6.45, 7) is 9.27. The molecule has 8 nitrogen and oxygen atoms in total. The van der Waals surface area contributed by atoms with Crippen LogP contribution in [0.25, 0.3) is 11.4 Å². The third-order valence-electron chi connectivity index (χ3n) is 6.14. The maximum Gasteiger partial charge on any atom is 0.241 e. The maximum absolute atomic E-state index is 5.80. The summed E-state index contributed by atoms with van der Waals surface area (Å²) in [5.74, 6) is 3.23. The van der Waals surface area contributed by atoms with Gasteiger partial charge in [0.05, 0.1) is 18.8 Å². The van der Waals surface area contributed by atoms with Crippen LogP contribution in [-0.2, 0) is 6.54 Å². The van der Waals surface area contributed by atoms with Crippen LogP contribution in [0.3, 0.4) is 0 Å². The molecule has 2 aliphatic rings. The van der Waals surface area contributed by atoms with E-state index in [9.17, 15) is 0 Å². The summed E-state index contributed by atoms with van der Waals surface area (Å²) >= 11 is 0. The zero-order valence-electron chi connectivity index (χ0n) is 18.6. The van der Waals surface area contributed by atoms with E-state index < -0.39 is 0 Å². The fourth-order valence-electron chi connectivity index (χ4n) is 4.42. The Hall–Kier alpha value is -3.13. The largest absolute Gasteiger partial charge is 0.492 e. The van der Waals surface area contributed by atoms with Gasteiger partial charge in [0, 0.05) is 51.0 Å². The molecule has 0 atom stereocenters. The topological polar surface area (TPSA) is 70.8 Å². The number of nitrogens with zero attached hydrogens (tertiary/aromatic N) is 6. The molecule has 1 aromatic carbocycles. The first-order valence-electron chi connectivity index (χ1n) is 11.5. The third-order valence-corrected chi connectivity index (χ3v) is 6.14. The lowest BCUT2D eigenvalue weighted by Gasteiger charge is -2.36. The molecular formula is C24H30N6O2. The predicted octanol–water partition coefficient (Wildman–Crippen LogP) is 3.45. The second kappa shape index (κ2) is 9.56. The number of anilines is 2. The third kappa shape index (κ3) is 4.55. The molecule has 4 heterocycles. The van der Waals surface area contributed by atoms with Crippen molar-refractivity contribution in [2.45, 2.75) is 26.3 Å². The van der Waals surface area contributed by atoms with Gasteiger partial charge in [-0.15, -0.1) is 0 Å². The fraction of sp³-hybridized carbons (Fsp3) is 0.458. The van der Waals surface area contributed by atoms with Gasteiger partial charge in [0.25, 0.3) is 0 Å². The van der Waals surface area contributed by atoms with Crippen molar-refractivity contribution in [3.8, 4) is 17.1 Å². The van der Waals surface area contributed by atoms with Crippen LogP contribution in [0.2, 0.25) is 0 Å². The predicted molar refractivity (Wildman–Crippen MR) is 124 cm³/mol. The van der Waals surface area contributed by atoms with Gasteiger partial charge < -0.3 is 19.1 Å². The summed E-state index contributed by atoms with van der Waals surface area (Å²) in [4.78, 5) is 16.3. The molecule has 0 radical (unpaired) electrons. The van der Waals surface area contributed by atoms with Gasteiger partial charge in [-0.3, -0.25) is 4.90 Å². The molecule has 8 heteroatoms. The van der Waals surface area contributed by atoms with Crippen LogP contribution in [0, 0.1) is 0 Å². The van der Waals surface area contributed by atoms with Crippen LogP contribution < -0.4 is 14.5 Å². The van der Waals surface area contributed by atoms with Crippen molar-refractivity contribution in [1.29, 1.82) is 0 Å². The van der Waals surface area contributed by atoms with Gasteiger partial charge in [0.1, 0.15) is 11.6 Å². The van der Waals surface area contributed by atoms with E-state index in [1.54, 1.807) is 0 Å². The minimum absolute atomic E-state index is 0.602. The summed E-state index contributed by atoms with van der Waals surface area (Å²) in [5, 5.41) is 4.18. The second-order valence-corrected chi connectivity index (χ2v) is 8.27. The number of ether oxygens (including phenoxy) is 1. The van der Waals surface area contributed by atoms with Crippen molar-refractivity contribution in [3.63, 3.8) is 0 Å². The Bertz CT molecular complexity index is 1010. The molecule has 3 aromatic rings. The highest BCUT2D eigenvalue weighted by Crippen LogP contribution is 2.29. The molecule has 0 bridgehead atoms. The minimum Gasteiger partial charge on any atom is -0.492 e. The molecular weight excluding hydrogens is 404 g/mol. The molecule has 0 unspecified atom stereocenters. The minimum atomic E-state index is 0.602.